The zero-order valence-corrected chi connectivity index (χ0v) is 4.64. The van der Waals surface area contributed by atoms with Crippen molar-refractivity contribution in [3.63, 3.8) is 0 Å². The molecule has 4 heteroatoms. The van der Waals surface area contributed by atoms with Gasteiger partial charge in [-0.25, -0.2) is 0 Å². The first-order valence-electron chi connectivity index (χ1n) is 1.81. The maximum absolute atomic E-state index is 9.85. The van der Waals surface area contributed by atoms with Crippen molar-refractivity contribution in [1.82, 2.24) is 0 Å². The summed E-state index contributed by atoms with van der Waals surface area (Å²) >= 11 is 0. The molecule has 0 unspecified atom stereocenters. The van der Waals surface area contributed by atoms with Gasteiger partial charge < -0.3 is 9.79 Å². The molecule has 0 saturated heterocycles. The molecule has 2 radical (unpaired) electrons. The lowest BCUT2D eigenvalue weighted by molar-refractivity contribution is 0.373. The second kappa shape index (κ2) is 2.46. The van der Waals surface area contributed by atoms with Crippen molar-refractivity contribution in [2.24, 2.45) is 0 Å². The van der Waals surface area contributed by atoms with E-state index in [-0.39, 0.29) is 12.6 Å². The van der Waals surface area contributed by atoms with Gasteiger partial charge in [-0.05, 0) is 13.3 Å². The average molecular weight is 122 g/mol. The van der Waals surface area contributed by atoms with Gasteiger partial charge in [0.2, 0.25) is 0 Å². The van der Waals surface area contributed by atoms with E-state index in [2.05, 4.69) is 0 Å². The zero-order chi connectivity index (χ0) is 5.91. The van der Waals surface area contributed by atoms with Crippen LogP contribution in [0, 0.1) is 6.92 Å². The molecule has 0 aromatic heterocycles. The Morgan fingerprint density at radius 1 is 1.57 bits per heavy atom. The molecule has 0 aliphatic heterocycles. The molecule has 0 amide bonds. The Hall–Kier alpha value is 0.150. The summed E-state index contributed by atoms with van der Waals surface area (Å²) in [6, 6.07) is 0. The molecule has 7 heavy (non-hydrogen) atoms. The van der Waals surface area contributed by atoms with Gasteiger partial charge in [-0.15, -0.1) is 0 Å². The third-order valence-electron chi connectivity index (χ3n) is 0.420. The van der Waals surface area contributed by atoms with Gasteiger partial charge in [0.1, 0.15) is 0 Å². The number of rotatable bonds is 2. The lowest BCUT2D eigenvalue weighted by Crippen LogP contribution is -1.82. The first-order chi connectivity index (χ1) is 3.06. The summed E-state index contributed by atoms with van der Waals surface area (Å²) < 4.78 is 9.85. The summed E-state index contributed by atoms with van der Waals surface area (Å²) in [6.07, 6.45) is -0.169. The first-order valence-corrected chi connectivity index (χ1v) is 3.60. The minimum atomic E-state index is -3.79. The standard InChI is InChI=1S/C3H7O3P/c1-2-3-7(4,5)6/h1H,2-3H2,(H2,4,5,6). The molecule has 0 aliphatic rings. The highest BCUT2D eigenvalue weighted by Gasteiger charge is 2.08. The van der Waals surface area contributed by atoms with E-state index in [1.807, 2.05) is 0 Å². The SMILES string of the molecule is [CH]CCP(=O)(O)O. The van der Waals surface area contributed by atoms with Gasteiger partial charge in [0.15, 0.2) is 0 Å². The Balaban J connectivity index is 3.36. The molecule has 0 aromatic carbocycles. The predicted molar refractivity (Wildman–Crippen MR) is 25.8 cm³/mol. The van der Waals surface area contributed by atoms with Crippen LogP contribution in [0.5, 0.6) is 0 Å². The van der Waals surface area contributed by atoms with Crippen LogP contribution in [-0.2, 0) is 4.57 Å². The van der Waals surface area contributed by atoms with Crippen LogP contribution in [0.3, 0.4) is 0 Å². The second-order valence-electron chi connectivity index (χ2n) is 1.18. The predicted octanol–water partition coefficient (Wildman–Crippen LogP) is 0.265. The van der Waals surface area contributed by atoms with Crippen LogP contribution in [0.15, 0.2) is 0 Å². The fraction of sp³-hybridized carbons (Fsp3) is 0.667. The monoisotopic (exact) mass is 122 g/mol. The van der Waals surface area contributed by atoms with Crippen LogP contribution in [0.25, 0.3) is 0 Å². The molecular formula is C3H7O3P. The van der Waals surface area contributed by atoms with Crippen molar-refractivity contribution in [3.8, 4) is 0 Å². The van der Waals surface area contributed by atoms with E-state index >= 15 is 0 Å². The molecule has 0 heterocycles. The van der Waals surface area contributed by atoms with Gasteiger partial charge in [0.25, 0.3) is 0 Å². The lowest BCUT2D eigenvalue weighted by atomic mass is 10.6. The Morgan fingerprint density at radius 3 is 2.00 bits per heavy atom. The molecule has 0 atom stereocenters. The van der Waals surface area contributed by atoms with E-state index in [0.29, 0.717) is 0 Å². The highest BCUT2D eigenvalue weighted by molar-refractivity contribution is 7.51. The van der Waals surface area contributed by atoms with Crippen molar-refractivity contribution in [2.45, 2.75) is 6.42 Å². The second-order valence-corrected chi connectivity index (χ2v) is 2.95. The summed E-state index contributed by atoms with van der Waals surface area (Å²) in [5.41, 5.74) is 0. The molecule has 0 saturated carbocycles. The van der Waals surface area contributed by atoms with Crippen LogP contribution in [0.1, 0.15) is 6.42 Å². The van der Waals surface area contributed by atoms with Gasteiger partial charge in [-0.1, -0.05) is 0 Å². The van der Waals surface area contributed by atoms with Crippen LogP contribution < -0.4 is 0 Å². The fourth-order valence-electron chi connectivity index (χ4n) is 0.168. The topological polar surface area (TPSA) is 57.5 Å². The van der Waals surface area contributed by atoms with E-state index in [0.717, 1.165) is 0 Å². The third-order valence-corrected chi connectivity index (χ3v) is 1.26. The van der Waals surface area contributed by atoms with E-state index in [4.69, 9.17) is 16.7 Å². The summed E-state index contributed by atoms with van der Waals surface area (Å²) in [7, 11) is -3.79. The van der Waals surface area contributed by atoms with Gasteiger partial charge in [0.05, 0.1) is 6.16 Å². The Kier molecular flexibility index (Phi) is 2.51. The van der Waals surface area contributed by atoms with Crippen molar-refractivity contribution >= 4 is 7.60 Å². The average Bonchev–Trinajstić information content (AvgIpc) is 1.30. The number of hydrogen-bond acceptors (Lipinski definition) is 1. The molecule has 3 nitrogen and oxygen atoms in total. The lowest BCUT2D eigenvalue weighted by Gasteiger charge is -1.96. The van der Waals surface area contributed by atoms with Gasteiger partial charge in [0, 0.05) is 0 Å². The molecule has 0 bridgehead atoms. The Labute approximate surface area is 42.5 Å². The molecule has 0 aromatic rings. The van der Waals surface area contributed by atoms with Gasteiger partial charge in [-0.3, -0.25) is 4.57 Å². The van der Waals surface area contributed by atoms with Crippen LogP contribution in [0.4, 0.5) is 0 Å². The molecule has 2 N–H and O–H groups in total. The zero-order valence-electron chi connectivity index (χ0n) is 3.74. The quantitative estimate of drug-likeness (QED) is 0.516. The normalized spacial score (nSPS) is 11.9. The van der Waals surface area contributed by atoms with Crippen LogP contribution in [-0.4, -0.2) is 15.9 Å². The molecular weight excluding hydrogens is 115 g/mol. The largest absolute Gasteiger partial charge is 0.325 e. The fourth-order valence-corrected chi connectivity index (χ4v) is 0.505. The molecule has 0 rings (SSSR count). The van der Waals surface area contributed by atoms with Gasteiger partial charge in [-0.2, -0.15) is 0 Å². The highest BCUT2D eigenvalue weighted by atomic mass is 31.2. The maximum Gasteiger partial charge on any atom is 0.325 e. The van der Waals surface area contributed by atoms with Crippen LogP contribution >= 0.6 is 7.60 Å². The van der Waals surface area contributed by atoms with E-state index in [1.165, 1.54) is 0 Å². The molecule has 0 spiro atoms. The van der Waals surface area contributed by atoms with Gasteiger partial charge >= 0.3 is 7.60 Å². The molecule has 0 aliphatic carbocycles. The Morgan fingerprint density at radius 2 is 2.00 bits per heavy atom. The van der Waals surface area contributed by atoms with Crippen LogP contribution in [0.2, 0.25) is 0 Å². The Bertz CT molecular complexity index is 84.2. The summed E-state index contributed by atoms with van der Waals surface area (Å²) in [4.78, 5) is 16.1. The van der Waals surface area contributed by atoms with Crippen molar-refractivity contribution in [3.05, 3.63) is 6.92 Å². The van der Waals surface area contributed by atoms with E-state index in [1.54, 1.807) is 0 Å². The molecule has 42 valence electrons. The number of hydrogen-bond donors (Lipinski definition) is 2. The van der Waals surface area contributed by atoms with E-state index < -0.39 is 7.60 Å². The van der Waals surface area contributed by atoms with E-state index in [9.17, 15) is 4.57 Å². The first kappa shape index (κ1) is 7.15. The minimum absolute atomic E-state index is 0.0459. The van der Waals surface area contributed by atoms with Crippen molar-refractivity contribution < 1.29 is 14.4 Å². The summed E-state index contributed by atoms with van der Waals surface area (Å²) in [5, 5.41) is 0. The maximum atomic E-state index is 9.85. The molecule has 0 fully saturated rings. The summed E-state index contributed by atoms with van der Waals surface area (Å²) in [6.45, 7) is 4.82. The minimum Gasteiger partial charge on any atom is -0.324 e. The van der Waals surface area contributed by atoms with Crippen molar-refractivity contribution in [1.29, 1.82) is 0 Å². The highest BCUT2D eigenvalue weighted by Crippen LogP contribution is 2.34. The summed E-state index contributed by atoms with van der Waals surface area (Å²) in [5.74, 6) is 0. The smallest absolute Gasteiger partial charge is 0.324 e. The van der Waals surface area contributed by atoms with Crippen molar-refractivity contribution in [2.75, 3.05) is 6.16 Å². The third kappa shape index (κ3) is 6.15.